The van der Waals surface area contributed by atoms with E-state index < -0.39 is 73.8 Å². The monoisotopic (exact) mass is 708 g/mol. The number of hydrogen-bond donors (Lipinski definition) is 4. The maximum Gasteiger partial charge on any atom is 0.418 e. The second kappa shape index (κ2) is 13.2. The van der Waals surface area contributed by atoms with Gasteiger partial charge in [0.05, 0.1) is 33.1 Å². The SMILES string of the molecule is Cc1cc(N)nc(-c2c(Cl)c(OCCN[C@H](C)c3cncc(N)c3)c3c(=O)[nH]c(OC[C@@]45CCCN4C[C@H](F)C5)nc3c2F)c1C(F)(F)F. The van der Waals surface area contributed by atoms with Gasteiger partial charge in [0.15, 0.2) is 11.6 Å². The fraction of sp³-hybridized carbons (Fsp3) is 0.438. The number of alkyl halides is 4. The molecule has 11 nitrogen and oxygen atoms in total. The van der Waals surface area contributed by atoms with Crippen molar-refractivity contribution in [1.29, 1.82) is 0 Å². The zero-order valence-electron chi connectivity index (χ0n) is 26.6. The number of benzene rings is 1. The van der Waals surface area contributed by atoms with E-state index in [-0.39, 0.29) is 50.1 Å². The molecule has 0 saturated carbocycles. The summed E-state index contributed by atoms with van der Waals surface area (Å²) in [5.74, 6) is -2.10. The quantitative estimate of drug-likeness (QED) is 0.125. The Morgan fingerprint density at radius 3 is 2.73 bits per heavy atom. The van der Waals surface area contributed by atoms with Gasteiger partial charge in [-0.1, -0.05) is 11.6 Å². The van der Waals surface area contributed by atoms with E-state index in [1.165, 1.54) is 6.20 Å². The zero-order valence-corrected chi connectivity index (χ0v) is 27.3. The number of nitrogens with zero attached hydrogens (tertiary/aromatic N) is 4. The number of nitrogen functional groups attached to an aromatic ring is 2. The molecule has 6 rings (SSSR count). The first kappa shape index (κ1) is 34.6. The van der Waals surface area contributed by atoms with Gasteiger partial charge in [-0.25, -0.2) is 13.8 Å². The molecule has 2 saturated heterocycles. The molecule has 0 bridgehead atoms. The van der Waals surface area contributed by atoms with Crippen LogP contribution in [0.25, 0.3) is 22.2 Å². The second-order valence-corrected chi connectivity index (χ2v) is 12.8. The number of aromatic amines is 1. The first-order valence-corrected chi connectivity index (χ1v) is 15.9. The molecule has 3 atom stereocenters. The summed E-state index contributed by atoms with van der Waals surface area (Å²) >= 11 is 6.63. The normalized spacial score (nSPS) is 20.1. The Morgan fingerprint density at radius 2 is 2.00 bits per heavy atom. The van der Waals surface area contributed by atoms with E-state index in [2.05, 4.69) is 25.3 Å². The minimum Gasteiger partial charge on any atom is -0.490 e. The molecule has 17 heteroatoms. The molecule has 0 aliphatic carbocycles. The summed E-state index contributed by atoms with van der Waals surface area (Å²) in [7, 11) is 0. The van der Waals surface area contributed by atoms with Crippen molar-refractivity contribution in [2.75, 3.05) is 44.3 Å². The summed E-state index contributed by atoms with van der Waals surface area (Å²) < 4.78 is 85.8. The minimum atomic E-state index is -4.99. The largest absolute Gasteiger partial charge is 0.490 e. The predicted molar refractivity (Wildman–Crippen MR) is 174 cm³/mol. The van der Waals surface area contributed by atoms with Gasteiger partial charge in [-0.2, -0.15) is 18.2 Å². The van der Waals surface area contributed by atoms with Crippen LogP contribution in [0, 0.1) is 12.7 Å². The smallest absolute Gasteiger partial charge is 0.418 e. The minimum absolute atomic E-state index is 0.0477. The van der Waals surface area contributed by atoms with Gasteiger partial charge in [0.1, 0.15) is 36.1 Å². The number of aromatic nitrogens is 4. The highest BCUT2D eigenvalue weighted by atomic mass is 35.5. The maximum atomic E-state index is 16.6. The average molecular weight is 709 g/mol. The summed E-state index contributed by atoms with van der Waals surface area (Å²) in [6, 6.07) is 2.10. The highest BCUT2D eigenvalue weighted by Gasteiger charge is 2.49. The van der Waals surface area contributed by atoms with E-state index in [1.54, 1.807) is 12.3 Å². The molecular weight excluding hydrogens is 675 g/mol. The molecule has 3 aromatic heterocycles. The van der Waals surface area contributed by atoms with Crippen LogP contribution in [0.1, 0.15) is 48.9 Å². The molecule has 2 aliphatic heterocycles. The molecule has 5 heterocycles. The Bertz CT molecular complexity index is 1960. The Hall–Kier alpha value is -4.28. The van der Waals surface area contributed by atoms with Crippen LogP contribution in [0.2, 0.25) is 5.02 Å². The van der Waals surface area contributed by atoms with Crippen molar-refractivity contribution in [1.82, 2.24) is 30.2 Å². The van der Waals surface area contributed by atoms with Crippen LogP contribution in [0.4, 0.5) is 33.5 Å². The number of anilines is 2. The lowest BCUT2D eigenvalue weighted by atomic mass is 9.95. The van der Waals surface area contributed by atoms with E-state index in [0.717, 1.165) is 25.0 Å². The van der Waals surface area contributed by atoms with Gasteiger partial charge in [-0.15, -0.1) is 0 Å². The number of nitrogens with one attached hydrogen (secondary N) is 2. The number of ether oxygens (including phenoxy) is 2. The standard InChI is InChI=1S/C32H34ClF5N8O3/c1-15-8-20(40)43-26(23(15)32(36,37)38)21-24(33)28(48-7-5-42-16(2)17-9-19(39)12-41-11-17)22-27(25(21)35)44-30(45-29(22)47)49-14-31-4-3-6-46(31)13-18(34)10-31/h8-9,11-12,16,18,42H,3-7,10,13-14,39H2,1-2H3,(H2,40,43)(H,44,45,47)/t16-,18-,31+/m1/s1. The van der Waals surface area contributed by atoms with Gasteiger partial charge in [0.25, 0.3) is 11.6 Å². The summed E-state index contributed by atoms with van der Waals surface area (Å²) in [6.45, 7) is 3.89. The number of H-pyrrole nitrogens is 1. The molecule has 2 aliphatic rings. The average Bonchev–Trinajstić information content (AvgIpc) is 3.54. The van der Waals surface area contributed by atoms with Crippen LogP contribution in [0.15, 0.2) is 29.3 Å². The summed E-state index contributed by atoms with van der Waals surface area (Å²) in [5, 5.41) is 2.10. The van der Waals surface area contributed by atoms with Crippen LogP contribution >= 0.6 is 11.6 Å². The summed E-state index contributed by atoms with van der Waals surface area (Å²) in [6.07, 6.45) is -1.21. The molecule has 2 fully saturated rings. The molecule has 262 valence electrons. The fourth-order valence-electron chi connectivity index (χ4n) is 6.82. The van der Waals surface area contributed by atoms with Crippen LogP contribution < -0.4 is 31.8 Å². The Balaban J connectivity index is 1.41. The van der Waals surface area contributed by atoms with Crippen molar-refractivity contribution in [2.24, 2.45) is 0 Å². The van der Waals surface area contributed by atoms with E-state index in [9.17, 15) is 22.4 Å². The fourth-order valence-corrected chi connectivity index (χ4v) is 7.14. The first-order chi connectivity index (χ1) is 23.2. The predicted octanol–water partition coefficient (Wildman–Crippen LogP) is 5.35. The third kappa shape index (κ3) is 6.68. The number of pyridine rings is 2. The lowest BCUT2D eigenvalue weighted by Gasteiger charge is -2.30. The molecule has 0 amide bonds. The number of rotatable bonds is 10. The van der Waals surface area contributed by atoms with E-state index in [0.29, 0.717) is 18.7 Å². The van der Waals surface area contributed by atoms with E-state index >= 15 is 4.39 Å². The van der Waals surface area contributed by atoms with Crippen LogP contribution in [-0.4, -0.2) is 69.4 Å². The highest BCUT2D eigenvalue weighted by molar-refractivity contribution is 6.36. The van der Waals surface area contributed by atoms with Crippen molar-refractivity contribution >= 4 is 34.0 Å². The van der Waals surface area contributed by atoms with E-state index in [4.69, 9.17) is 32.5 Å². The van der Waals surface area contributed by atoms with Gasteiger partial charge in [-0.05, 0) is 56.5 Å². The molecular formula is C32H34ClF5N8O3. The Morgan fingerprint density at radius 1 is 1.22 bits per heavy atom. The lowest BCUT2D eigenvalue weighted by molar-refractivity contribution is -0.137. The molecule has 1 aromatic carbocycles. The van der Waals surface area contributed by atoms with Crippen molar-refractivity contribution in [3.05, 3.63) is 62.4 Å². The van der Waals surface area contributed by atoms with Gasteiger partial charge in [0, 0.05) is 37.9 Å². The van der Waals surface area contributed by atoms with Gasteiger partial charge < -0.3 is 26.3 Å². The second-order valence-electron chi connectivity index (χ2n) is 12.5. The number of aryl methyl sites for hydroxylation is 1. The molecule has 0 radical (unpaired) electrons. The number of fused-ring (bicyclic) bond motifs is 2. The topological polar surface area (TPSA) is 157 Å². The number of halogens is 6. The van der Waals surface area contributed by atoms with Crippen LogP contribution in [-0.2, 0) is 6.18 Å². The maximum absolute atomic E-state index is 16.6. The van der Waals surface area contributed by atoms with Gasteiger partial charge >= 0.3 is 6.18 Å². The summed E-state index contributed by atoms with van der Waals surface area (Å²) in [5.41, 5.74) is 7.39. The lowest BCUT2D eigenvalue weighted by Crippen LogP contribution is -2.43. The number of hydrogen-bond acceptors (Lipinski definition) is 10. The van der Waals surface area contributed by atoms with Crippen LogP contribution in [0.3, 0.4) is 0 Å². The van der Waals surface area contributed by atoms with Gasteiger partial charge in [-0.3, -0.25) is 19.7 Å². The Labute approximate surface area is 282 Å². The summed E-state index contributed by atoms with van der Waals surface area (Å²) in [4.78, 5) is 30.0. The first-order valence-electron chi connectivity index (χ1n) is 15.6. The molecule has 0 spiro atoms. The van der Waals surface area contributed by atoms with Crippen molar-refractivity contribution < 1.29 is 31.4 Å². The molecule has 0 unspecified atom stereocenters. The van der Waals surface area contributed by atoms with Crippen molar-refractivity contribution in [2.45, 2.75) is 57.0 Å². The highest BCUT2D eigenvalue weighted by Crippen LogP contribution is 2.47. The van der Waals surface area contributed by atoms with Gasteiger partial charge in [0.2, 0.25) is 0 Å². The third-order valence-corrected chi connectivity index (χ3v) is 9.41. The van der Waals surface area contributed by atoms with Crippen molar-refractivity contribution in [3.63, 3.8) is 0 Å². The molecule has 49 heavy (non-hydrogen) atoms. The zero-order chi connectivity index (χ0) is 35.2. The van der Waals surface area contributed by atoms with E-state index in [1.807, 2.05) is 11.8 Å². The molecule has 6 N–H and O–H groups in total. The van der Waals surface area contributed by atoms with Crippen molar-refractivity contribution in [3.8, 4) is 23.0 Å². The third-order valence-electron chi connectivity index (χ3n) is 9.05. The van der Waals surface area contributed by atoms with Crippen LogP contribution in [0.5, 0.6) is 11.8 Å². The number of nitrogens with two attached hydrogens (primary N) is 2. The molecule has 4 aromatic rings. The Kier molecular flexibility index (Phi) is 9.32.